The van der Waals surface area contributed by atoms with E-state index in [1.807, 2.05) is 29.1 Å². The molecule has 0 bridgehead atoms. The van der Waals surface area contributed by atoms with Gasteiger partial charge in [0, 0.05) is 33.0 Å². The van der Waals surface area contributed by atoms with Crippen molar-refractivity contribution in [3.63, 3.8) is 0 Å². The van der Waals surface area contributed by atoms with Gasteiger partial charge in [-0.05, 0) is 17.2 Å². The van der Waals surface area contributed by atoms with Gasteiger partial charge in [-0.2, -0.15) is 5.10 Å². The Labute approximate surface area is 177 Å². The van der Waals surface area contributed by atoms with Crippen LogP contribution in [-0.4, -0.2) is 53.7 Å². The summed E-state index contributed by atoms with van der Waals surface area (Å²) in [6, 6.07) is 10.0. The Balaban J connectivity index is 0.00000364. The SMILES string of the molecule is C=CCNC(=NCc1ccccc1Cn1cccn1)NCC(=O)N(C)C.I. The third-order valence-electron chi connectivity index (χ3n) is 3.74. The van der Waals surface area contributed by atoms with E-state index in [2.05, 4.69) is 39.4 Å². The van der Waals surface area contributed by atoms with Crippen LogP contribution in [0.1, 0.15) is 11.1 Å². The number of carbonyl (C=O) groups excluding carboxylic acids is 1. The Kier molecular flexibility index (Phi) is 10.2. The number of nitrogens with zero attached hydrogens (tertiary/aromatic N) is 4. The normalized spacial score (nSPS) is 10.7. The van der Waals surface area contributed by atoms with Crippen LogP contribution in [0.25, 0.3) is 0 Å². The molecule has 1 aromatic heterocycles. The molecule has 0 aliphatic carbocycles. The molecule has 146 valence electrons. The lowest BCUT2D eigenvalue weighted by Crippen LogP contribution is -2.43. The zero-order valence-electron chi connectivity index (χ0n) is 15.8. The summed E-state index contributed by atoms with van der Waals surface area (Å²) < 4.78 is 1.88. The molecule has 27 heavy (non-hydrogen) atoms. The molecular formula is C19H27IN6O. The lowest BCUT2D eigenvalue weighted by molar-refractivity contribution is -0.127. The maximum absolute atomic E-state index is 11.8. The maximum Gasteiger partial charge on any atom is 0.241 e. The minimum atomic E-state index is -0.0165. The fourth-order valence-electron chi connectivity index (χ4n) is 2.26. The lowest BCUT2D eigenvalue weighted by atomic mass is 10.1. The predicted octanol–water partition coefficient (Wildman–Crippen LogP) is 1.86. The van der Waals surface area contributed by atoms with E-state index in [0.29, 0.717) is 25.6 Å². The maximum atomic E-state index is 11.8. The highest BCUT2D eigenvalue weighted by Crippen LogP contribution is 2.11. The van der Waals surface area contributed by atoms with Crippen molar-refractivity contribution in [2.45, 2.75) is 13.1 Å². The molecule has 0 fully saturated rings. The van der Waals surface area contributed by atoms with Crippen molar-refractivity contribution in [2.24, 2.45) is 4.99 Å². The van der Waals surface area contributed by atoms with E-state index in [0.717, 1.165) is 11.1 Å². The molecular weight excluding hydrogens is 455 g/mol. The average Bonchev–Trinajstić information content (AvgIpc) is 3.15. The molecule has 0 saturated carbocycles. The van der Waals surface area contributed by atoms with Gasteiger partial charge in [0.15, 0.2) is 5.96 Å². The lowest BCUT2D eigenvalue weighted by Gasteiger charge is -2.14. The van der Waals surface area contributed by atoms with Crippen molar-refractivity contribution in [3.05, 3.63) is 66.5 Å². The summed E-state index contributed by atoms with van der Waals surface area (Å²) >= 11 is 0. The fraction of sp³-hybridized carbons (Fsp3) is 0.316. The fourth-order valence-corrected chi connectivity index (χ4v) is 2.26. The highest BCUT2D eigenvalue weighted by atomic mass is 127. The Morgan fingerprint density at radius 3 is 2.63 bits per heavy atom. The summed E-state index contributed by atoms with van der Waals surface area (Å²) in [4.78, 5) is 17.9. The van der Waals surface area contributed by atoms with Gasteiger partial charge >= 0.3 is 0 Å². The van der Waals surface area contributed by atoms with Gasteiger partial charge in [0.05, 0.1) is 19.6 Å². The molecule has 0 spiro atoms. The second-order valence-corrected chi connectivity index (χ2v) is 5.95. The summed E-state index contributed by atoms with van der Waals surface area (Å²) in [7, 11) is 3.45. The van der Waals surface area contributed by atoms with Gasteiger partial charge < -0.3 is 15.5 Å². The number of carbonyl (C=O) groups is 1. The number of hydrogen-bond acceptors (Lipinski definition) is 3. The summed E-state index contributed by atoms with van der Waals surface area (Å²) in [5.74, 6) is 0.561. The average molecular weight is 482 g/mol. The van der Waals surface area contributed by atoms with E-state index in [4.69, 9.17) is 0 Å². The number of likely N-dealkylation sites (N-methyl/N-ethyl adjacent to an activating group) is 1. The van der Waals surface area contributed by atoms with E-state index in [-0.39, 0.29) is 36.4 Å². The third kappa shape index (κ3) is 7.81. The van der Waals surface area contributed by atoms with Crippen molar-refractivity contribution in [1.82, 2.24) is 25.3 Å². The van der Waals surface area contributed by atoms with Gasteiger partial charge in [0.25, 0.3) is 0 Å². The Morgan fingerprint density at radius 1 is 1.26 bits per heavy atom. The van der Waals surface area contributed by atoms with Crippen LogP contribution in [0.2, 0.25) is 0 Å². The topological polar surface area (TPSA) is 74.5 Å². The van der Waals surface area contributed by atoms with E-state index in [1.165, 1.54) is 4.90 Å². The molecule has 2 N–H and O–H groups in total. The van der Waals surface area contributed by atoms with E-state index < -0.39 is 0 Å². The largest absolute Gasteiger partial charge is 0.353 e. The molecule has 0 aliphatic rings. The highest BCUT2D eigenvalue weighted by Gasteiger charge is 2.07. The second kappa shape index (κ2) is 12.1. The molecule has 8 heteroatoms. The molecule has 7 nitrogen and oxygen atoms in total. The molecule has 1 heterocycles. The number of nitrogens with one attached hydrogen (secondary N) is 2. The van der Waals surface area contributed by atoms with Crippen molar-refractivity contribution in [1.29, 1.82) is 0 Å². The minimum absolute atomic E-state index is 0. The van der Waals surface area contributed by atoms with Crippen LogP contribution in [0.3, 0.4) is 0 Å². The van der Waals surface area contributed by atoms with E-state index in [1.54, 1.807) is 26.4 Å². The molecule has 0 saturated heterocycles. The first-order chi connectivity index (χ1) is 12.6. The molecule has 1 amide bonds. The number of halogens is 1. The zero-order valence-corrected chi connectivity index (χ0v) is 18.1. The Bertz CT molecular complexity index is 742. The summed E-state index contributed by atoms with van der Waals surface area (Å²) in [6.07, 6.45) is 5.45. The number of rotatable bonds is 8. The van der Waals surface area contributed by atoms with Crippen molar-refractivity contribution < 1.29 is 4.79 Å². The van der Waals surface area contributed by atoms with Crippen LogP contribution in [0, 0.1) is 0 Å². The van der Waals surface area contributed by atoms with Crippen LogP contribution in [-0.2, 0) is 17.9 Å². The van der Waals surface area contributed by atoms with Crippen LogP contribution in [0.4, 0.5) is 0 Å². The first-order valence-electron chi connectivity index (χ1n) is 8.47. The van der Waals surface area contributed by atoms with Gasteiger partial charge in [-0.3, -0.25) is 9.48 Å². The van der Waals surface area contributed by atoms with Gasteiger partial charge in [-0.25, -0.2) is 4.99 Å². The molecule has 1 aromatic carbocycles. The third-order valence-corrected chi connectivity index (χ3v) is 3.74. The number of hydrogen-bond donors (Lipinski definition) is 2. The quantitative estimate of drug-likeness (QED) is 0.261. The minimum Gasteiger partial charge on any atom is -0.353 e. The standard InChI is InChI=1S/C19H26N6O.HI/c1-4-10-20-19(22-14-18(26)24(2)3)21-13-16-8-5-6-9-17(16)15-25-12-7-11-23-25;/h4-9,11-12H,1,10,13-15H2,2-3H3,(H2,20,21,22);1H. The summed E-state index contributed by atoms with van der Waals surface area (Å²) in [5, 5.41) is 10.4. The highest BCUT2D eigenvalue weighted by molar-refractivity contribution is 14.0. The Hall–Kier alpha value is -2.36. The zero-order chi connectivity index (χ0) is 18.8. The number of amides is 1. The monoisotopic (exact) mass is 482 g/mol. The Morgan fingerprint density at radius 2 is 2.00 bits per heavy atom. The number of aliphatic imine (C=N–C) groups is 1. The number of guanidine groups is 1. The molecule has 2 rings (SSSR count). The van der Waals surface area contributed by atoms with Crippen molar-refractivity contribution in [2.75, 3.05) is 27.2 Å². The first kappa shape index (κ1) is 22.7. The van der Waals surface area contributed by atoms with Crippen LogP contribution in [0.15, 0.2) is 60.4 Å². The van der Waals surface area contributed by atoms with Gasteiger partial charge in [0.1, 0.15) is 0 Å². The molecule has 0 radical (unpaired) electrons. The predicted molar refractivity (Wildman–Crippen MR) is 119 cm³/mol. The molecule has 0 unspecified atom stereocenters. The van der Waals surface area contributed by atoms with Crippen molar-refractivity contribution in [3.8, 4) is 0 Å². The van der Waals surface area contributed by atoms with Gasteiger partial charge in [-0.15, -0.1) is 30.6 Å². The molecule has 0 aliphatic heterocycles. The van der Waals surface area contributed by atoms with E-state index in [9.17, 15) is 4.79 Å². The van der Waals surface area contributed by atoms with Crippen LogP contribution in [0.5, 0.6) is 0 Å². The first-order valence-corrected chi connectivity index (χ1v) is 8.47. The summed E-state index contributed by atoms with van der Waals surface area (Å²) in [5.41, 5.74) is 2.27. The second-order valence-electron chi connectivity index (χ2n) is 5.95. The van der Waals surface area contributed by atoms with Gasteiger partial charge in [0.2, 0.25) is 5.91 Å². The molecule has 0 atom stereocenters. The van der Waals surface area contributed by atoms with Gasteiger partial charge in [-0.1, -0.05) is 30.3 Å². The van der Waals surface area contributed by atoms with Crippen molar-refractivity contribution >= 4 is 35.8 Å². The molecule has 2 aromatic rings. The van der Waals surface area contributed by atoms with Crippen LogP contribution < -0.4 is 10.6 Å². The number of benzene rings is 1. The number of aromatic nitrogens is 2. The smallest absolute Gasteiger partial charge is 0.241 e. The van der Waals surface area contributed by atoms with E-state index >= 15 is 0 Å². The summed E-state index contributed by atoms with van der Waals surface area (Å²) in [6.45, 7) is 5.65. The van der Waals surface area contributed by atoms with Crippen LogP contribution >= 0.6 is 24.0 Å².